The fourth-order valence-corrected chi connectivity index (χ4v) is 3.97. The van der Waals surface area contributed by atoms with Crippen molar-refractivity contribution in [2.75, 3.05) is 0 Å². The Hall–Kier alpha value is -1.12. The quantitative estimate of drug-likeness (QED) is 0.879. The molecule has 1 nitrogen and oxygen atoms in total. The van der Waals surface area contributed by atoms with Gasteiger partial charge in [0.05, 0.1) is 0 Å². The molecule has 0 saturated heterocycles. The average Bonchev–Trinajstić information content (AvgIpc) is 2.84. The minimum atomic E-state index is 0.207. The van der Waals surface area contributed by atoms with Crippen molar-refractivity contribution in [1.29, 1.82) is 0 Å². The monoisotopic (exact) mass is 257 g/mol. The molecule has 2 unspecified atom stereocenters. The first-order valence-corrected chi connectivity index (χ1v) is 7.57. The van der Waals surface area contributed by atoms with E-state index in [1.165, 1.54) is 28.0 Å². The van der Waals surface area contributed by atoms with Crippen LogP contribution in [0.1, 0.15) is 46.9 Å². The standard InChI is InChI=1S/C16H19NS/c1-2-11-7-8-18-16(11)15(17)10-13-9-12-5-3-4-6-14(12)13/h3-8,13,15H,2,9-10,17H2,1H3. The number of benzene rings is 1. The second kappa shape index (κ2) is 4.87. The maximum absolute atomic E-state index is 6.39. The number of thiophene rings is 1. The lowest BCUT2D eigenvalue weighted by Gasteiger charge is -2.32. The lowest BCUT2D eigenvalue weighted by molar-refractivity contribution is 0.501. The molecule has 2 heteroatoms. The highest BCUT2D eigenvalue weighted by molar-refractivity contribution is 7.10. The first kappa shape index (κ1) is 11.9. The third kappa shape index (κ3) is 2.00. The molecule has 0 saturated carbocycles. The molecule has 3 rings (SSSR count). The summed E-state index contributed by atoms with van der Waals surface area (Å²) in [7, 11) is 0. The lowest BCUT2D eigenvalue weighted by atomic mass is 9.74. The maximum atomic E-state index is 6.39. The predicted molar refractivity (Wildman–Crippen MR) is 78.1 cm³/mol. The SMILES string of the molecule is CCc1ccsc1C(N)CC1Cc2ccccc21. The third-order valence-electron chi connectivity index (χ3n) is 4.00. The molecule has 18 heavy (non-hydrogen) atoms. The van der Waals surface area contributed by atoms with Crippen LogP contribution in [0.2, 0.25) is 0 Å². The Morgan fingerprint density at radius 3 is 2.94 bits per heavy atom. The minimum absolute atomic E-state index is 0.207. The molecule has 0 fully saturated rings. The zero-order valence-electron chi connectivity index (χ0n) is 10.7. The lowest BCUT2D eigenvalue weighted by Crippen LogP contribution is -2.22. The molecule has 2 N–H and O–H groups in total. The molecule has 1 aromatic carbocycles. The molecule has 1 heterocycles. The Balaban J connectivity index is 1.72. The summed E-state index contributed by atoms with van der Waals surface area (Å²) in [6, 6.07) is 11.2. The Morgan fingerprint density at radius 2 is 2.17 bits per heavy atom. The number of hydrogen-bond donors (Lipinski definition) is 1. The van der Waals surface area contributed by atoms with E-state index < -0.39 is 0 Å². The molecule has 2 atom stereocenters. The molecule has 0 spiro atoms. The summed E-state index contributed by atoms with van der Waals surface area (Å²) in [5.41, 5.74) is 10.9. The minimum Gasteiger partial charge on any atom is -0.323 e. The van der Waals surface area contributed by atoms with Crippen molar-refractivity contribution >= 4 is 11.3 Å². The van der Waals surface area contributed by atoms with Crippen molar-refractivity contribution in [3.05, 3.63) is 57.3 Å². The van der Waals surface area contributed by atoms with Gasteiger partial charge in [0.15, 0.2) is 0 Å². The number of rotatable bonds is 4. The summed E-state index contributed by atoms with van der Waals surface area (Å²) in [5.74, 6) is 0.669. The molecule has 1 aliphatic carbocycles. The Morgan fingerprint density at radius 1 is 1.33 bits per heavy atom. The van der Waals surface area contributed by atoms with Gasteiger partial charge in [0.1, 0.15) is 0 Å². The van der Waals surface area contributed by atoms with E-state index in [9.17, 15) is 0 Å². The van der Waals surface area contributed by atoms with Crippen molar-refractivity contribution < 1.29 is 0 Å². The van der Waals surface area contributed by atoms with E-state index in [4.69, 9.17) is 5.73 Å². The van der Waals surface area contributed by atoms with E-state index in [1.54, 1.807) is 0 Å². The van der Waals surface area contributed by atoms with Crippen LogP contribution in [0.3, 0.4) is 0 Å². The first-order valence-electron chi connectivity index (χ1n) is 6.69. The van der Waals surface area contributed by atoms with Crippen molar-refractivity contribution in [1.82, 2.24) is 0 Å². The van der Waals surface area contributed by atoms with Gasteiger partial charge >= 0.3 is 0 Å². The van der Waals surface area contributed by atoms with Crippen LogP contribution in [0.25, 0.3) is 0 Å². The van der Waals surface area contributed by atoms with E-state index in [-0.39, 0.29) is 6.04 Å². The molecular formula is C16H19NS. The van der Waals surface area contributed by atoms with Crippen LogP contribution < -0.4 is 5.73 Å². The van der Waals surface area contributed by atoms with Crippen molar-refractivity contribution in [2.45, 2.75) is 38.1 Å². The Bertz CT molecular complexity index is 544. The van der Waals surface area contributed by atoms with Gasteiger partial charge in [-0.25, -0.2) is 0 Å². The van der Waals surface area contributed by atoms with Crippen LogP contribution in [-0.4, -0.2) is 0 Å². The number of fused-ring (bicyclic) bond motifs is 1. The zero-order valence-corrected chi connectivity index (χ0v) is 11.5. The summed E-state index contributed by atoms with van der Waals surface area (Å²) in [6.45, 7) is 2.21. The molecule has 0 bridgehead atoms. The second-order valence-corrected chi connectivity index (χ2v) is 6.05. The fraction of sp³-hybridized carbons (Fsp3) is 0.375. The smallest absolute Gasteiger partial charge is 0.0398 e. The summed E-state index contributed by atoms with van der Waals surface area (Å²) < 4.78 is 0. The van der Waals surface area contributed by atoms with Crippen molar-refractivity contribution in [2.24, 2.45) is 5.73 Å². The van der Waals surface area contributed by atoms with Crippen molar-refractivity contribution in [3.63, 3.8) is 0 Å². The largest absolute Gasteiger partial charge is 0.323 e. The van der Waals surface area contributed by atoms with Gasteiger partial charge in [-0.2, -0.15) is 0 Å². The summed E-state index contributed by atoms with van der Waals surface area (Å²) in [5, 5.41) is 2.17. The molecule has 94 valence electrons. The highest BCUT2D eigenvalue weighted by Gasteiger charge is 2.28. The fourth-order valence-electron chi connectivity index (χ4n) is 2.95. The van der Waals surface area contributed by atoms with E-state index in [2.05, 4.69) is 42.6 Å². The van der Waals surface area contributed by atoms with Gasteiger partial charge in [0.25, 0.3) is 0 Å². The van der Waals surface area contributed by atoms with Gasteiger partial charge in [-0.15, -0.1) is 11.3 Å². The third-order valence-corrected chi connectivity index (χ3v) is 5.09. The number of nitrogens with two attached hydrogens (primary N) is 1. The molecular weight excluding hydrogens is 238 g/mol. The molecule has 1 aromatic heterocycles. The van der Waals surface area contributed by atoms with Crippen LogP contribution in [0.15, 0.2) is 35.7 Å². The molecule has 2 aromatic rings. The van der Waals surface area contributed by atoms with Crippen LogP contribution in [-0.2, 0) is 12.8 Å². The number of hydrogen-bond acceptors (Lipinski definition) is 2. The van der Waals surface area contributed by atoms with E-state index in [0.29, 0.717) is 5.92 Å². The molecule has 0 aliphatic heterocycles. The van der Waals surface area contributed by atoms with E-state index in [1.807, 2.05) is 11.3 Å². The van der Waals surface area contributed by atoms with Gasteiger partial charge in [-0.05, 0) is 53.3 Å². The van der Waals surface area contributed by atoms with Crippen LogP contribution in [0, 0.1) is 0 Å². The summed E-state index contributed by atoms with van der Waals surface area (Å²) in [6.07, 6.45) is 3.38. The normalized spacial score (nSPS) is 19.1. The van der Waals surface area contributed by atoms with Crippen LogP contribution in [0.4, 0.5) is 0 Å². The highest BCUT2D eigenvalue weighted by atomic mass is 32.1. The highest BCUT2D eigenvalue weighted by Crippen LogP contribution is 2.41. The average molecular weight is 257 g/mol. The van der Waals surface area contributed by atoms with E-state index in [0.717, 1.165) is 12.8 Å². The van der Waals surface area contributed by atoms with Gasteiger partial charge in [0, 0.05) is 10.9 Å². The first-order chi connectivity index (χ1) is 8.79. The van der Waals surface area contributed by atoms with Gasteiger partial charge in [0.2, 0.25) is 0 Å². The Labute approximate surface area is 113 Å². The second-order valence-electron chi connectivity index (χ2n) is 5.11. The molecule has 0 amide bonds. The molecule has 0 radical (unpaired) electrons. The van der Waals surface area contributed by atoms with Crippen molar-refractivity contribution in [3.8, 4) is 0 Å². The summed E-state index contributed by atoms with van der Waals surface area (Å²) >= 11 is 1.82. The van der Waals surface area contributed by atoms with Gasteiger partial charge in [-0.3, -0.25) is 0 Å². The van der Waals surface area contributed by atoms with Crippen LogP contribution >= 0.6 is 11.3 Å². The zero-order chi connectivity index (χ0) is 12.5. The Kier molecular flexibility index (Phi) is 3.23. The topological polar surface area (TPSA) is 26.0 Å². The predicted octanol–water partition coefficient (Wildman–Crippen LogP) is 4.04. The maximum Gasteiger partial charge on any atom is 0.0398 e. The van der Waals surface area contributed by atoms with Gasteiger partial charge in [-0.1, -0.05) is 31.2 Å². The van der Waals surface area contributed by atoms with Gasteiger partial charge < -0.3 is 5.73 Å². The van der Waals surface area contributed by atoms with Crippen LogP contribution in [0.5, 0.6) is 0 Å². The number of aryl methyl sites for hydroxylation is 1. The molecule has 1 aliphatic rings. The van der Waals surface area contributed by atoms with E-state index >= 15 is 0 Å². The summed E-state index contributed by atoms with van der Waals surface area (Å²) in [4.78, 5) is 1.39.